The Bertz CT molecular complexity index is 818. The summed E-state index contributed by atoms with van der Waals surface area (Å²) in [6.07, 6.45) is 4.72. The van der Waals surface area contributed by atoms with E-state index in [1.807, 2.05) is 18.2 Å². The van der Waals surface area contributed by atoms with Gasteiger partial charge in [0.15, 0.2) is 5.82 Å². The van der Waals surface area contributed by atoms with Crippen LogP contribution in [0, 0.1) is 5.92 Å². The molecule has 1 aromatic heterocycles. The van der Waals surface area contributed by atoms with E-state index in [2.05, 4.69) is 64.8 Å². The molecule has 142 valence electrons. The molecule has 2 unspecified atom stereocenters. The van der Waals surface area contributed by atoms with E-state index in [-0.39, 0.29) is 6.10 Å². The minimum Gasteiger partial charge on any atom is -0.392 e. The van der Waals surface area contributed by atoms with E-state index in [1.165, 1.54) is 0 Å². The molecule has 0 fully saturated rings. The number of aliphatic hydroxyl groups excluding tert-OH is 1. The smallest absolute Gasteiger partial charge is 0.180 e. The van der Waals surface area contributed by atoms with Crippen molar-refractivity contribution in [2.75, 3.05) is 0 Å². The van der Waals surface area contributed by atoms with Crippen LogP contribution in [0.4, 0.5) is 0 Å². The Kier molecular flexibility index (Phi) is 6.71. The molecule has 3 rings (SSSR count). The maximum absolute atomic E-state index is 10.7. The molecule has 0 amide bonds. The van der Waals surface area contributed by atoms with Crippen LogP contribution in [0.25, 0.3) is 22.5 Å². The summed E-state index contributed by atoms with van der Waals surface area (Å²) in [5.41, 5.74) is 4.25. The lowest BCUT2D eigenvalue weighted by Crippen LogP contribution is -2.22. The van der Waals surface area contributed by atoms with Crippen molar-refractivity contribution in [2.45, 2.75) is 52.1 Å². The average molecular weight is 364 g/mol. The van der Waals surface area contributed by atoms with Gasteiger partial charge in [0.1, 0.15) is 0 Å². The van der Waals surface area contributed by atoms with Crippen LogP contribution in [-0.2, 0) is 6.42 Å². The van der Waals surface area contributed by atoms with E-state index in [0.717, 1.165) is 47.9 Å². The normalized spacial score (nSPS) is 13.4. The Hall–Kier alpha value is -2.53. The van der Waals surface area contributed by atoms with Crippen molar-refractivity contribution < 1.29 is 5.11 Å². The van der Waals surface area contributed by atoms with Gasteiger partial charge in [-0.25, -0.2) is 5.10 Å². The fourth-order valence-electron chi connectivity index (χ4n) is 3.60. The number of tetrazole rings is 1. The third-order valence-corrected chi connectivity index (χ3v) is 5.21. The van der Waals surface area contributed by atoms with Gasteiger partial charge in [-0.3, -0.25) is 0 Å². The number of rotatable bonds is 9. The maximum Gasteiger partial charge on any atom is 0.180 e. The van der Waals surface area contributed by atoms with Crippen molar-refractivity contribution in [3.05, 3.63) is 54.1 Å². The number of hydrogen-bond acceptors (Lipinski definition) is 4. The number of hydrogen-bond donors (Lipinski definition) is 2. The van der Waals surface area contributed by atoms with Gasteiger partial charge < -0.3 is 5.11 Å². The zero-order valence-electron chi connectivity index (χ0n) is 16.1. The van der Waals surface area contributed by atoms with Gasteiger partial charge in [-0.15, -0.1) is 5.10 Å². The van der Waals surface area contributed by atoms with Crippen LogP contribution in [0.1, 0.15) is 45.1 Å². The van der Waals surface area contributed by atoms with Crippen molar-refractivity contribution in [1.82, 2.24) is 20.6 Å². The van der Waals surface area contributed by atoms with Crippen LogP contribution in [0.5, 0.6) is 0 Å². The lowest BCUT2D eigenvalue weighted by molar-refractivity contribution is 0.0987. The Morgan fingerprint density at radius 1 is 1.04 bits per heavy atom. The molecule has 5 heteroatoms. The molecule has 0 aliphatic carbocycles. The van der Waals surface area contributed by atoms with Gasteiger partial charge in [-0.1, -0.05) is 75.6 Å². The number of aromatic nitrogens is 4. The summed E-state index contributed by atoms with van der Waals surface area (Å²) in [5.74, 6) is 0.984. The predicted molar refractivity (Wildman–Crippen MR) is 108 cm³/mol. The number of aliphatic hydroxyl groups is 1. The van der Waals surface area contributed by atoms with E-state index < -0.39 is 0 Å². The zero-order valence-corrected chi connectivity index (χ0v) is 16.1. The molecule has 0 saturated carbocycles. The predicted octanol–water partition coefficient (Wildman–Crippen LogP) is 4.65. The summed E-state index contributed by atoms with van der Waals surface area (Å²) in [7, 11) is 0. The molecule has 5 nitrogen and oxygen atoms in total. The molecule has 0 radical (unpaired) electrons. The summed E-state index contributed by atoms with van der Waals surface area (Å²) in [6, 6.07) is 16.5. The standard InChI is InChI=1S/C22H28N4O/c1-3-5-9-17(4-2)21(27)15-16-12-13-19(18-10-7-6-8-11-18)20(14-16)22-23-25-26-24-22/h6-8,10-14,17,21,27H,3-5,9,15H2,1-2H3,(H,23,24,25,26). The van der Waals surface area contributed by atoms with Gasteiger partial charge in [-0.2, -0.15) is 0 Å². The number of benzene rings is 2. The van der Waals surface area contributed by atoms with Crippen molar-refractivity contribution in [3.8, 4) is 22.5 Å². The number of nitrogens with one attached hydrogen (secondary N) is 1. The molecule has 2 aromatic carbocycles. The van der Waals surface area contributed by atoms with Gasteiger partial charge in [0.05, 0.1) is 6.10 Å². The van der Waals surface area contributed by atoms with Crippen LogP contribution in [0.2, 0.25) is 0 Å². The van der Waals surface area contributed by atoms with Gasteiger partial charge in [0.2, 0.25) is 0 Å². The second-order valence-corrected chi connectivity index (χ2v) is 7.08. The molecule has 3 aromatic rings. The summed E-state index contributed by atoms with van der Waals surface area (Å²) < 4.78 is 0. The zero-order chi connectivity index (χ0) is 19.1. The second-order valence-electron chi connectivity index (χ2n) is 7.08. The SMILES string of the molecule is CCCCC(CC)C(O)Cc1ccc(-c2ccccc2)c(-c2nnn[nH]2)c1. The first kappa shape index (κ1) is 19.2. The average Bonchev–Trinajstić information content (AvgIpc) is 3.24. The number of unbranched alkanes of at least 4 members (excludes halogenated alkanes) is 1. The third kappa shape index (κ3) is 4.80. The molecule has 2 N–H and O–H groups in total. The van der Waals surface area contributed by atoms with Gasteiger partial charge in [0.25, 0.3) is 0 Å². The van der Waals surface area contributed by atoms with Crippen LogP contribution in [0.3, 0.4) is 0 Å². The first-order chi connectivity index (χ1) is 13.2. The summed E-state index contributed by atoms with van der Waals surface area (Å²) >= 11 is 0. The lowest BCUT2D eigenvalue weighted by Gasteiger charge is -2.22. The number of aromatic amines is 1. The van der Waals surface area contributed by atoms with E-state index in [4.69, 9.17) is 0 Å². The van der Waals surface area contributed by atoms with E-state index in [9.17, 15) is 5.11 Å². The molecule has 0 spiro atoms. The molecule has 27 heavy (non-hydrogen) atoms. The highest BCUT2D eigenvalue weighted by Gasteiger charge is 2.19. The number of nitrogens with zero attached hydrogens (tertiary/aromatic N) is 3. The Labute approximate surface area is 160 Å². The third-order valence-electron chi connectivity index (χ3n) is 5.21. The lowest BCUT2D eigenvalue weighted by atomic mass is 9.88. The minimum atomic E-state index is -0.329. The first-order valence-corrected chi connectivity index (χ1v) is 9.83. The molecule has 1 heterocycles. The fourth-order valence-corrected chi connectivity index (χ4v) is 3.60. The quantitative estimate of drug-likeness (QED) is 0.579. The molecule has 0 saturated heterocycles. The Balaban J connectivity index is 1.89. The highest BCUT2D eigenvalue weighted by Crippen LogP contribution is 2.31. The fraction of sp³-hybridized carbons (Fsp3) is 0.409. The second kappa shape index (κ2) is 9.42. The summed E-state index contributed by atoms with van der Waals surface area (Å²) in [5, 5.41) is 25.2. The van der Waals surface area contributed by atoms with Gasteiger partial charge >= 0.3 is 0 Å². The molecule has 0 aliphatic heterocycles. The van der Waals surface area contributed by atoms with Crippen molar-refractivity contribution in [1.29, 1.82) is 0 Å². The Morgan fingerprint density at radius 2 is 1.85 bits per heavy atom. The Morgan fingerprint density at radius 3 is 2.52 bits per heavy atom. The molecular weight excluding hydrogens is 336 g/mol. The monoisotopic (exact) mass is 364 g/mol. The van der Waals surface area contributed by atoms with Gasteiger partial charge in [-0.05, 0) is 51.9 Å². The van der Waals surface area contributed by atoms with E-state index >= 15 is 0 Å². The molecule has 0 bridgehead atoms. The van der Waals surface area contributed by atoms with Crippen LogP contribution in [-0.4, -0.2) is 31.8 Å². The highest BCUT2D eigenvalue weighted by molar-refractivity contribution is 5.80. The van der Waals surface area contributed by atoms with Crippen molar-refractivity contribution in [3.63, 3.8) is 0 Å². The van der Waals surface area contributed by atoms with Crippen LogP contribution < -0.4 is 0 Å². The van der Waals surface area contributed by atoms with E-state index in [0.29, 0.717) is 18.2 Å². The summed E-state index contributed by atoms with van der Waals surface area (Å²) in [6.45, 7) is 4.35. The summed E-state index contributed by atoms with van der Waals surface area (Å²) in [4.78, 5) is 0. The topological polar surface area (TPSA) is 74.7 Å². The first-order valence-electron chi connectivity index (χ1n) is 9.83. The number of H-pyrrole nitrogens is 1. The minimum absolute atomic E-state index is 0.329. The largest absolute Gasteiger partial charge is 0.392 e. The highest BCUT2D eigenvalue weighted by atomic mass is 16.3. The van der Waals surface area contributed by atoms with Gasteiger partial charge in [0, 0.05) is 5.56 Å². The van der Waals surface area contributed by atoms with Crippen molar-refractivity contribution in [2.24, 2.45) is 5.92 Å². The van der Waals surface area contributed by atoms with Crippen LogP contribution >= 0.6 is 0 Å². The van der Waals surface area contributed by atoms with Crippen molar-refractivity contribution >= 4 is 0 Å². The van der Waals surface area contributed by atoms with E-state index in [1.54, 1.807) is 0 Å². The molecule has 2 atom stereocenters. The molecule has 0 aliphatic rings. The molecular formula is C22H28N4O. The maximum atomic E-state index is 10.7. The van der Waals surface area contributed by atoms with Crippen LogP contribution in [0.15, 0.2) is 48.5 Å².